The molecule has 36 heavy (non-hydrogen) atoms. The average molecular weight is 511 g/mol. The number of ether oxygens (including phenoxy) is 1. The van der Waals surface area contributed by atoms with Gasteiger partial charge in [0.25, 0.3) is 11.8 Å². The number of thiophene rings is 1. The second kappa shape index (κ2) is 9.23. The summed E-state index contributed by atoms with van der Waals surface area (Å²) >= 11 is 1.55. The lowest BCUT2D eigenvalue weighted by Gasteiger charge is -2.25. The standard InChI is InChI=1S/C24H30N8O3S/c1-31-11-17(22(30-31)35-2)27-24-29-26-12-32(24)15-7-8-18-16(9-15)19(21(34)25-10-13-3-4-13)23(36-18)28-20(33)14-5-6-14/h11-15H,3-10H2,1-2H3,(H,25,34)(H,27,29)(H,28,33)/t15-/m0/s1. The summed E-state index contributed by atoms with van der Waals surface area (Å²) in [7, 11) is 3.40. The molecule has 2 fully saturated rings. The number of nitrogens with zero attached hydrogens (tertiary/aromatic N) is 5. The number of amides is 2. The molecule has 3 heterocycles. The Morgan fingerprint density at radius 2 is 2.06 bits per heavy atom. The number of rotatable bonds is 9. The van der Waals surface area contributed by atoms with Crippen LogP contribution >= 0.6 is 11.3 Å². The fourth-order valence-electron chi connectivity index (χ4n) is 4.76. The third kappa shape index (κ3) is 4.57. The summed E-state index contributed by atoms with van der Waals surface area (Å²) in [6.45, 7) is 0.690. The van der Waals surface area contributed by atoms with Crippen molar-refractivity contribution in [1.29, 1.82) is 0 Å². The normalized spacial score (nSPS) is 19.0. The van der Waals surface area contributed by atoms with Crippen LogP contribution in [-0.4, -0.2) is 50.0 Å². The molecule has 12 heteroatoms. The van der Waals surface area contributed by atoms with E-state index >= 15 is 0 Å². The second-order valence-electron chi connectivity index (χ2n) is 9.93. The average Bonchev–Trinajstić information content (AvgIpc) is 3.78. The van der Waals surface area contributed by atoms with Gasteiger partial charge in [-0.15, -0.1) is 26.6 Å². The zero-order valence-electron chi connectivity index (χ0n) is 20.4. The van der Waals surface area contributed by atoms with Crippen LogP contribution in [0.1, 0.15) is 58.9 Å². The van der Waals surface area contributed by atoms with Gasteiger partial charge in [0.15, 0.2) is 0 Å². The van der Waals surface area contributed by atoms with Gasteiger partial charge in [-0.2, -0.15) is 0 Å². The summed E-state index contributed by atoms with van der Waals surface area (Å²) in [5.41, 5.74) is 2.35. The Kier molecular flexibility index (Phi) is 5.90. The van der Waals surface area contributed by atoms with Crippen molar-refractivity contribution in [1.82, 2.24) is 29.9 Å². The number of nitrogens with one attached hydrogen (secondary N) is 3. The van der Waals surface area contributed by atoms with Crippen LogP contribution in [0.5, 0.6) is 5.88 Å². The molecular weight excluding hydrogens is 480 g/mol. The highest BCUT2D eigenvalue weighted by atomic mass is 32.1. The fraction of sp³-hybridized carbons (Fsp3) is 0.542. The van der Waals surface area contributed by atoms with Gasteiger partial charge < -0.3 is 20.7 Å². The Bertz CT molecular complexity index is 1300. The summed E-state index contributed by atoms with van der Waals surface area (Å²) < 4.78 is 9.05. The Morgan fingerprint density at radius 3 is 2.81 bits per heavy atom. The smallest absolute Gasteiger partial charge is 0.256 e. The number of carbonyl (C=O) groups excluding carboxylic acids is 2. The van der Waals surface area contributed by atoms with Gasteiger partial charge in [-0.05, 0) is 56.4 Å². The van der Waals surface area contributed by atoms with Crippen LogP contribution in [0.4, 0.5) is 16.6 Å². The molecule has 3 aliphatic rings. The second-order valence-corrected chi connectivity index (χ2v) is 11.0. The Balaban J connectivity index is 1.27. The van der Waals surface area contributed by atoms with Crippen molar-refractivity contribution in [2.75, 3.05) is 24.3 Å². The monoisotopic (exact) mass is 510 g/mol. The third-order valence-electron chi connectivity index (χ3n) is 7.10. The van der Waals surface area contributed by atoms with Crippen LogP contribution in [0.25, 0.3) is 0 Å². The first-order valence-electron chi connectivity index (χ1n) is 12.5. The summed E-state index contributed by atoms with van der Waals surface area (Å²) in [4.78, 5) is 27.1. The van der Waals surface area contributed by atoms with E-state index in [0.717, 1.165) is 31.2 Å². The molecule has 0 bridgehead atoms. The maximum absolute atomic E-state index is 13.3. The molecule has 2 amide bonds. The topological polar surface area (TPSA) is 128 Å². The molecule has 6 rings (SSSR count). The molecule has 0 aliphatic heterocycles. The highest BCUT2D eigenvalue weighted by molar-refractivity contribution is 7.17. The minimum Gasteiger partial charge on any atom is -0.478 e. The van der Waals surface area contributed by atoms with Gasteiger partial charge in [0.2, 0.25) is 11.9 Å². The summed E-state index contributed by atoms with van der Waals surface area (Å²) in [6, 6.07) is 0.0641. The number of fused-ring (bicyclic) bond motifs is 1. The van der Waals surface area contributed by atoms with Gasteiger partial charge in [-0.3, -0.25) is 18.8 Å². The minimum atomic E-state index is -0.0895. The van der Waals surface area contributed by atoms with Crippen LogP contribution in [0, 0.1) is 11.8 Å². The van der Waals surface area contributed by atoms with Crippen molar-refractivity contribution in [3.8, 4) is 5.88 Å². The van der Waals surface area contributed by atoms with E-state index in [-0.39, 0.29) is 23.8 Å². The molecule has 3 aromatic heterocycles. The number of hydrogen-bond acceptors (Lipinski definition) is 8. The number of carbonyl (C=O) groups is 2. The minimum absolute atomic E-state index is 0.0251. The van der Waals surface area contributed by atoms with Gasteiger partial charge in [0.05, 0.1) is 18.9 Å². The van der Waals surface area contributed by atoms with Gasteiger partial charge >= 0.3 is 0 Å². The van der Waals surface area contributed by atoms with E-state index in [9.17, 15) is 9.59 Å². The highest BCUT2D eigenvalue weighted by Gasteiger charge is 2.35. The molecule has 0 radical (unpaired) electrons. The number of aromatic nitrogens is 5. The third-order valence-corrected chi connectivity index (χ3v) is 8.30. The molecule has 2 saturated carbocycles. The van der Waals surface area contributed by atoms with E-state index in [1.54, 1.807) is 29.5 Å². The maximum Gasteiger partial charge on any atom is 0.256 e. The predicted molar refractivity (Wildman–Crippen MR) is 135 cm³/mol. The molecular formula is C24H30N8O3S. The molecule has 190 valence electrons. The van der Waals surface area contributed by atoms with E-state index in [0.29, 0.717) is 47.0 Å². The number of aryl methyl sites for hydroxylation is 2. The number of hydrogen-bond donors (Lipinski definition) is 3. The Hall–Kier alpha value is -3.41. The first-order chi connectivity index (χ1) is 17.5. The molecule has 3 aliphatic carbocycles. The van der Waals surface area contributed by atoms with Gasteiger partial charge in [-0.1, -0.05) is 0 Å². The fourth-order valence-corrected chi connectivity index (χ4v) is 6.01. The summed E-state index contributed by atoms with van der Waals surface area (Å²) in [5, 5.41) is 22.9. The molecule has 3 N–H and O–H groups in total. The SMILES string of the molecule is COc1nn(C)cc1Nc1nncn1[C@H]1CCc2sc(NC(=O)C3CC3)c(C(=O)NCC3CC3)c2C1. The lowest BCUT2D eigenvalue weighted by atomic mass is 9.91. The number of anilines is 3. The van der Waals surface area contributed by atoms with E-state index in [4.69, 9.17) is 4.74 Å². The molecule has 0 spiro atoms. The Morgan fingerprint density at radius 1 is 1.22 bits per heavy atom. The van der Waals surface area contributed by atoms with Crippen molar-refractivity contribution in [2.24, 2.45) is 18.9 Å². The van der Waals surface area contributed by atoms with Crippen LogP contribution in [0.2, 0.25) is 0 Å². The zero-order valence-corrected chi connectivity index (χ0v) is 21.2. The van der Waals surface area contributed by atoms with Crippen molar-refractivity contribution in [3.63, 3.8) is 0 Å². The van der Waals surface area contributed by atoms with Crippen molar-refractivity contribution >= 4 is 39.8 Å². The largest absolute Gasteiger partial charge is 0.478 e. The van der Waals surface area contributed by atoms with Crippen LogP contribution < -0.4 is 20.7 Å². The summed E-state index contributed by atoms with van der Waals surface area (Å²) in [5.74, 6) is 1.66. The quantitative estimate of drug-likeness (QED) is 0.404. The molecule has 0 aromatic carbocycles. The van der Waals surface area contributed by atoms with Crippen molar-refractivity contribution in [3.05, 3.63) is 28.5 Å². The van der Waals surface area contributed by atoms with Crippen LogP contribution in [0.3, 0.4) is 0 Å². The summed E-state index contributed by atoms with van der Waals surface area (Å²) in [6.07, 6.45) is 10.1. The predicted octanol–water partition coefficient (Wildman–Crippen LogP) is 3.04. The maximum atomic E-state index is 13.3. The van der Waals surface area contributed by atoms with Crippen molar-refractivity contribution < 1.29 is 14.3 Å². The van der Waals surface area contributed by atoms with Gasteiger partial charge in [-0.25, -0.2) is 0 Å². The van der Waals surface area contributed by atoms with Gasteiger partial charge in [0, 0.05) is 30.4 Å². The van der Waals surface area contributed by atoms with E-state index in [1.807, 2.05) is 17.8 Å². The molecule has 0 saturated heterocycles. The van der Waals surface area contributed by atoms with E-state index in [2.05, 4.69) is 31.2 Å². The van der Waals surface area contributed by atoms with E-state index in [1.165, 1.54) is 17.7 Å². The molecule has 1 atom stereocenters. The molecule has 0 unspecified atom stereocenters. The highest BCUT2D eigenvalue weighted by Crippen LogP contribution is 2.43. The first-order valence-corrected chi connectivity index (χ1v) is 13.3. The van der Waals surface area contributed by atoms with Crippen LogP contribution in [-0.2, 0) is 24.7 Å². The van der Waals surface area contributed by atoms with Crippen molar-refractivity contribution in [2.45, 2.75) is 51.0 Å². The van der Waals surface area contributed by atoms with Crippen LogP contribution in [0.15, 0.2) is 12.5 Å². The lowest BCUT2D eigenvalue weighted by molar-refractivity contribution is -0.117. The van der Waals surface area contributed by atoms with E-state index < -0.39 is 0 Å². The lowest BCUT2D eigenvalue weighted by Crippen LogP contribution is -2.28. The molecule has 11 nitrogen and oxygen atoms in total. The number of methoxy groups -OCH3 is 1. The molecule has 3 aromatic rings. The first kappa shape index (κ1) is 23.0. The zero-order chi connectivity index (χ0) is 24.8. The van der Waals surface area contributed by atoms with Gasteiger partial charge in [0.1, 0.15) is 17.0 Å². The Labute approximate surface area is 212 Å².